The molecule has 0 aliphatic heterocycles. The van der Waals surface area contributed by atoms with Crippen LogP contribution in [-0.2, 0) is 6.42 Å². The number of fused-ring (bicyclic) bond motifs is 5. The van der Waals surface area contributed by atoms with Crippen molar-refractivity contribution in [3.8, 4) is 11.3 Å². The smallest absolute Gasteiger partial charge is 0.166 e. The zero-order valence-electron chi connectivity index (χ0n) is 10.6. The van der Waals surface area contributed by atoms with Crippen LogP contribution in [0.4, 0.5) is 0 Å². The molecule has 2 aromatic heterocycles. The van der Waals surface area contributed by atoms with Crippen molar-refractivity contribution < 1.29 is 4.79 Å². The molecule has 0 spiro atoms. The second kappa shape index (κ2) is 3.81. The van der Waals surface area contributed by atoms with Crippen molar-refractivity contribution in [2.24, 2.45) is 0 Å². The Balaban J connectivity index is 2.13. The summed E-state index contributed by atoms with van der Waals surface area (Å²) in [4.78, 5) is 18.5. The molecule has 19 heavy (non-hydrogen) atoms. The molecule has 0 bridgehead atoms. The van der Waals surface area contributed by atoms with Gasteiger partial charge in [0.05, 0.1) is 11.3 Å². The summed E-state index contributed by atoms with van der Waals surface area (Å²) in [7, 11) is 0. The zero-order valence-corrected chi connectivity index (χ0v) is 11.4. The number of aryl methyl sites for hydroxylation is 2. The molecule has 4 rings (SSSR count). The molecule has 3 heteroatoms. The molecule has 0 atom stereocenters. The van der Waals surface area contributed by atoms with Crippen molar-refractivity contribution in [2.45, 2.75) is 19.8 Å². The Morgan fingerprint density at radius 2 is 2.05 bits per heavy atom. The van der Waals surface area contributed by atoms with Gasteiger partial charge in [0, 0.05) is 32.6 Å². The summed E-state index contributed by atoms with van der Waals surface area (Å²) in [6, 6.07) is 10.3. The van der Waals surface area contributed by atoms with Crippen molar-refractivity contribution in [1.82, 2.24) is 4.98 Å². The van der Waals surface area contributed by atoms with Crippen molar-refractivity contribution in [3.63, 3.8) is 0 Å². The molecule has 1 N–H and O–H groups in total. The Bertz CT molecular complexity index is 809. The SMILES string of the molecule is Cc1cc2c(s1)CCC(=O)c1c-2[nH]c2ccccc12. The number of carbonyl (C=O) groups is 1. The van der Waals surface area contributed by atoms with E-state index >= 15 is 0 Å². The highest BCUT2D eigenvalue weighted by Crippen LogP contribution is 2.39. The highest BCUT2D eigenvalue weighted by Gasteiger charge is 2.25. The standard InChI is InChI=1S/C16H13NOS/c1-9-8-11-14(19-9)7-6-13(18)15-10-4-2-3-5-12(10)17-16(11)15/h2-5,8,17H,6-7H2,1H3. The fourth-order valence-electron chi connectivity index (χ4n) is 2.95. The Morgan fingerprint density at radius 3 is 2.95 bits per heavy atom. The van der Waals surface area contributed by atoms with Gasteiger partial charge in [0.1, 0.15) is 0 Å². The number of aromatic amines is 1. The van der Waals surface area contributed by atoms with Crippen molar-refractivity contribution >= 4 is 28.0 Å². The van der Waals surface area contributed by atoms with Crippen LogP contribution in [0.15, 0.2) is 30.3 Å². The van der Waals surface area contributed by atoms with Crippen LogP contribution in [0, 0.1) is 6.92 Å². The van der Waals surface area contributed by atoms with Crippen molar-refractivity contribution in [3.05, 3.63) is 45.6 Å². The molecule has 0 fully saturated rings. The lowest BCUT2D eigenvalue weighted by Crippen LogP contribution is -1.98. The van der Waals surface area contributed by atoms with Crippen molar-refractivity contribution in [1.29, 1.82) is 0 Å². The number of rotatable bonds is 0. The number of nitrogens with one attached hydrogen (secondary N) is 1. The topological polar surface area (TPSA) is 32.9 Å². The van der Waals surface area contributed by atoms with Gasteiger partial charge >= 0.3 is 0 Å². The van der Waals surface area contributed by atoms with E-state index in [0.29, 0.717) is 6.42 Å². The van der Waals surface area contributed by atoms with Gasteiger partial charge in [-0.15, -0.1) is 11.3 Å². The first-order valence-corrected chi connectivity index (χ1v) is 7.29. The number of carbonyl (C=O) groups excluding carboxylic acids is 1. The lowest BCUT2D eigenvalue weighted by Gasteiger charge is -1.98. The van der Waals surface area contributed by atoms with Gasteiger partial charge in [-0.1, -0.05) is 18.2 Å². The Morgan fingerprint density at radius 1 is 1.21 bits per heavy atom. The van der Waals surface area contributed by atoms with E-state index in [1.54, 1.807) is 11.3 Å². The number of thiophene rings is 1. The summed E-state index contributed by atoms with van der Waals surface area (Å²) in [6.45, 7) is 2.13. The van der Waals surface area contributed by atoms with Gasteiger partial charge in [0.15, 0.2) is 5.78 Å². The average molecular weight is 267 g/mol. The number of hydrogen-bond acceptors (Lipinski definition) is 2. The molecule has 1 aliphatic rings. The molecule has 0 saturated heterocycles. The van der Waals surface area contributed by atoms with Crippen LogP contribution < -0.4 is 0 Å². The van der Waals surface area contributed by atoms with Gasteiger partial charge in [-0.3, -0.25) is 4.79 Å². The molecule has 0 amide bonds. The summed E-state index contributed by atoms with van der Waals surface area (Å²) in [5.74, 6) is 0.258. The summed E-state index contributed by atoms with van der Waals surface area (Å²) in [5.41, 5.74) is 4.17. The third kappa shape index (κ3) is 1.51. The van der Waals surface area contributed by atoms with Crippen LogP contribution in [0.1, 0.15) is 26.5 Å². The van der Waals surface area contributed by atoms with E-state index in [-0.39, 0.29) is 5.78 Å². The van der Waals surface area contributed by atoms with Crippen LogP contribution in [0.25, 0.3) is 22.2 Å². The molecule has 0 unspecified atom stereocenters. The summed E-state index contributed by atoms with van der Waals surface area (Å²) in [6.07, 6.45) is 1.48. The van der Waals surface area contributed by atoms with E-state index in [2.05, 4.69) is 18.0 Å². The average Bonchev–Trinajstić information content (AvgIpc) is 2.93. The number of para-hydroxylation sites is 1. The zero-order chi connectivity index (χ0) is 13.0. The van der Waals surface area contributed by atoms with E-state index in [1.807, 2.05) is 24.3 Å². The van der Waals surface area contributed by atoms with E-state index < -0.39 is 0 Å². The Hall–Kier alpha value is -1.87. The minimum Gasteiger partial charge on any atom is -0.354 e. The fraction of sp³-hybridized carbons (Fsp3) is 0.188. The molecule has 1 aliphatic carbocycles. The number of benzene rings is 1. The molecule has 2 heterocycles. The number of H-pyrrole nitrogens is 1. The normalized spacial score (nSPS) is 14.3. The first kappa shape index (κ1) is 11.0. The van der Waals surface area contributed by atoms with Gasteiger partial charge in [-0.05, 0) is 25.5 Å². The van der Waals surface area contributed by atoms with Gasteiger partial charge in [0.25, 0.3) is 0 Å². The highest BCUT2D eigenvalue weighted by atomic mass is 32.1. The second-order valence-electron chi connectivity index (χ2n) is 5.04. The quantitative estimate of drug-likeness (QED) is 0.646. The van der Waals surface area contributed by atoms with E-state index in [0.717, 1.165) is 28.6 Å². The number of ketones is 1. The van der Waals surface area contributed by atoms with E-state index in [9.17, 15) is 4.79 Å². The van der Waals surface area contributed by atoms with Gasteiger partial charge < -0.3 is 4.98 Å². The molecule has 2 nitrogen and oxygen atoms in total. The van der Waals surface area contributed by atoms with Crippen LogP contribution in [0.2, 0.25) is 0 Å². The lowest BCUT2D eigenvalue weighted by atomic mass is 10.0. The third-order valence-electron chi connectivity index (χ3n) is 3.77. The molecule has 3 aromatic rings. The first-order valence-electron chi connectivity index (χ1n) is 6.47. The van der Waals surface area contributed by atoms with Crippen LogP contribution in [0.5, 0.6) is 0 Å². The molecule has 1 aromatic carbocycles. The largest absolute Gasteiger partial charge is 0.354 e. The predicted molar refractivity (Wildman–Crippen MR) is 79.0 cm³/mol. The molecule has 0 saturated carbocycles. The van der Waals surface area contributed by atoms with Gasteiger partial charge in [-0.25, -0.2) is 0 Å². The minimum absolute atomic E-state index is 0.258. The molecule has 94 valence electrons. The maximum absolute atomic E-state index is 12.4. The molecule has 0 radical (unpaired) electrons. The Kier molecular flexibility index (Phi) is 2.21. The van der Waals surface area contributed by atoms with E-state index in [1.165, 1.54) is 15.3 Å². The number of aromatic nitrogens is 1. The fourth-order valence-corrected chi connectivity index (χ4v) is 3.99. The van der Waals surface area contributed by atoms with Gasteiger partial charge in [0.2, 0.25) is 0 Å². The Labute approximate surface area is 115 Å². The van der Waals surface area contributed by atoms with Crippen LogP contribution in [0.3, 0.4) is 0 Å². The maximum Gasteiger partial charge on any atom is 0.166 e. The third-order valence-corrected chi connectivity index (χ3v) is 4.88. The second-order valence-corrected chi connectivity index (χ2v) is 6.38. The summed E-state index contributed by atoms with van der Waals surface area (Å²) in [5, 5.41) is 1.05. The summed E-state index contributed by atoms with van der Waals surface area (Å²) < 4.78 is 0. The first-order chi connectivity index (χ1) is 9.24. The predicted octanol–water partition coefficient (Wildman–Crippen LogP) is 4.33. The lowest BCUT2D eigenvalue weighted by molar-refractivity contribution is 0.0986. The molecular formula is C16H13NOS. The van der Waals surface area contributed by atoms with Crippen LogP contribution >= 0.6 is 11.3 Å². The summed E-state index contributed by atoms with van der Waals surface area (Å²) >= 11 is 1.81. The minimum atomic E-state index is 0.258. The molecular weight excluding hydrogens is 254 g/mol. The van der Waals surface area contributed by atoms with Crippen molar-refractivity contribution in [2.75, 3.05) is 0 Å². The number of hydrogen-bond donors (Lipinski definition) is 1. The monoisotopic (exact) mass is 267 g/mol. The maximum atomic E-state index is 12.4. The van der Waals surface area contributed by atoms with Gasteiger partial charge in [-0.2, -0.15) is 0 Å². The number of Topliss-reactive ketones (excluding diaryl/α,β-unsaturated/α-hetero) is 1. The highest BCUT2D eigenvalue weighted by molar-refractivity contribution is 7.12. The van der Waals surface area contributed by atoms with E-state index in [4.69, 9.17) is 0 Å². The van der Waals surface area contributed by atoms with Crippen LogP contribution in [-0.4, -0.2) is 10.8 Å².